The van der Waals surface area contributed by atoms with Crippen LogP contribution in [-0.4, -0.2) is 20.9 Å². The molecule has 1 N–H and O–H groups in total. The molecule has 9 heteroatoms. The number of unbranched alkanes of at least 4 members (excludes halogenated alkanes) is 2. The summed E-state index contributed by atoms with van der Waals surface area (Å²) in [6.45, 7) is 0.278. The predicted molar refractivity (Wildman–Crippen MR) is 79.3 cm³/mol. The Labute approximate surface area is 128 Å². The number of carbonyl (C=O) groups is 1. The fraction of sp³-hybridized carbons (Fsp3) is 0.417. The van der Waals surface area contributed by atoms with Crippen molar-refractivity contribution in [1.82, 2.24) is 4.72 Å². The second-order valence-electron chi connectivity index (χ2n) is 4.25. The van der Waals surface area contributed by atoms with Crippen LogP contribution in [0.15, 0.2) is 34.3 Å². The molecule has 1 aromatic rings. The molecule has 1 amide bonds. The molecule has 114 valence electrons. The molecule has 0 saturated heterocycles. The van der Waals surface area contributed by atoms with Crippen LogP contribution in [0.25, 0.3) is 10.4 Å². The zero-order valence-electron chi connectivity index (χ0n) is 11.2. The van der Waals surface area contributed by atoms with Gasteiger partial charge < -0.3 is 0 Å². The van der Waals surface area contributed by atoms with Crippen molar-refractivity contribution in [3.05, 3.63) is 39.7 Å². The molecule has 0 fully saturated rings. The summed E-state index contributed by atoms with van der Waals surface area (Å²) in [5, 5.41) is 3.42. The molecule has 0 aliphatic heterocycles. The van der Waals surface area contributed by atoms with Gasteiger partial charge in [-0.3, -0.25) is 4.79 Å². The average Bonchev–Trinajstić information content (AvgIpc) is 2.43. The number of nitrogens with zero attached hydrogens (tertiary/aromatic N) is 3. The smallest absolute Gasteiger partial charge is 0.240 e. The molecule has 0 aliphatic carbocycles. The molecule has 1 rings (SSSR count). The van der Waals surface area contributed by atoms with E-state index in [0.717, 1.165) is 0 Å². The van der Waals surface area contributed by atoms with Crippen LogP contribution in [0.3, 0.4) is 0 Å². The maximum Gasteiger partial charge on any atom is 0.240 e. The van der Waals surface area contributed by atoms with Gasteiger partial charge in [-0.2, -0.15) is 0 Å². The minimum atomic E-state index is -3.53. The first-order valence-electron chi connectivity index (χ1n) is 6.29. The SMILES string of the molecule is [N-]=[N+]=NC(=O)CCCCCNS(=O)(=O)c1ccc(Cl)cc1. The third-order valence-electron chi connectivity index (χ3n) is 2.64. The number of rotatable bonds is 8. The van der Waals surface area contributed by atoms with Gasteiger partial charge in [-0.25, -0.2) is 13.1 Å². The Kier molecular flexibility index (Phi) is 7.18. The molecule has 0 heterocycles. The van der Waals surface area contributed by atoms with Crippen molar-refractivity contribution in [2.75, 3.05) is 6.54 Å². The number of halogens is 1. The number of hydrogen-bond acceptors (Lipinski definition) is 3. The van der Waals surface area contributed by atoms with Gasteiger partial charge in [0.15, 0.2) is 0 Å². The van der Waals surface area contributed by atoms with Crippen LogP contribution in [0.1, 0.15) is 25.7 Å². The molecule has 0 bridgehead atoms. The maximum atomic E-state index is 11.9. The number of carbonyl (C=O) groups excluding carboxylic acids is 1. The molecule has 0 radical (unpaired) electrons. The number of sulfonamides is 1. The molecule has 0 saturated carbocycles. The highest BCUT2D eigenvalue weighted by Crippen LogP contribution is 2.13. The van der Waals surface area contributed by atoms with Gasteiger partial charge in [0.2, 0.25) is 15.9 Å². The molecule has 0 unspecified atom stereocenters. The van der Waals surface area contributed by atoms with Gasteiger partial charge in [0.25, 0.3) is 0 Å². The molecule has 0 spiro atoms. The van der Waals surface area contributed by atoms with Gasteiger partial charge in [0.1, 0.15) is 0 Å². The fourth-order valence-corrected chi connectivity index (χ4v) is 2.78. The summed E-state index contributed by atoms with van der Waals surface area (Å²) in [7, 11) is -3.53. The van der Waals surface area contributed by atoms with Crippen molar-refractivity contribution in [1.29, 1.82) is 0 Å². The van der Waals surface area contributed by atoms with Crippen LogP contribution in [0.2, 0.25) is 5.02 Å². The van der Waals surface area contributed by atoms with E-state index in [0.29, 0.717) is 24.3 Å². The molecule has 7 nitrogen and oxygen atoms in total. The highest BCUT2D eigenvalue weighted by molar-refractivity contribution is 7.89. The first kappa shape index (κ1) is 17.5. The van der Waals surface area contributed by atoms with E-state index < -0.39 is 15.9 Å². The number of benzene rings is 1. The summed E-state index contributed by atoms with van der Waals surface area (Å²) >= 11 is 5.70. The van der Waals surface area contributed by atoms with E-state index in [1.165, 1.54) is 24.3 Å². The first-order chi connectivity index (χ1) is 9.95. The van der Waals surface area contributed by atoms with E-state index in [2.05, 4.69) is 14.7 Å². The van der Waals surface area contributed by atoms with Gasteiger partial charge >= 0.3 is 0 Å². The van der Waals surface area contributed by atoms with Crippen molar-refractivity contribution in [2.45, 2.75) is 30.6 Å². The van der Waals surface area contributed by atoms with Crippen molar-refractivity contribution in [3.8, 4) is 0 Å². The minimum absolute atomic E-state index is 0.158. The lowest BCUT2D eigenvalue weighted by molar-refractivity contribution is -0.118. The van der Waals surface area contributed by atoms with E-state index >= 15 is 0 Å². The average molecular weight is 331 g/mol. The second-order valence-corrected chi connectivity index (χ2v) is 6.45. The van der Waals surface area contributed by atoms with Crippen LogP contribution < -0.4 is 4.72 Å². The van der Waals surface area contributed by atoms with E-state index in [1.807, 2.05) is 0 Å². The predicted octanol–water partition coefficient (Wildman–Crippen LogP) is 3.02. The van der Waals surface area contributed by atoms with Gasteiger partial charge in [0.05, 0.1) is 4.90 Å². The molecular weight excluding hydrogens is 316 g/mol. The van der Waals surface area contributed by atoms with Crippen LogP contribution in [0.5, 0.6) is 0 Å². The monoisotopic (exact) mass is 330 g/mol. The molecule has 0 atom stereocenters. The minimum Gasteiger partial charge on any atom is -0.293 e. The normalized spacial score (nSPS) is 10.9. The quantitative estimate of drug-likeness (QED) is 0.342. The molecule has 1 aromatic carbocycles. The second kappa shape index (κ2) is 8.63. The Balaban J connectivity index is 2.30. The number of azide groups is 1. The lowest BCUT2D eigenvalue weighted by Gasteiger charge is -2.06. The van der Waals surface area contributed by atoms with Crippen LogP contribution in [0.4, 0.5) is 0 Å². The Bertz CT molecular complexity index is 624. The first-order valence-corrected chi connectivity index (χ1v) is 8.15. The highest BCUT2D eigenvalue weighted by Gasteiger charge is 2.12. The van der Waals surface area contributed by atoms with Crippen molar-refractivity contribution < 1.29 is 13.2 Å². The maximum absolute atomic E-state index is 11.9. The summed E-state index contributed by atoms with van der Waals surface area (Å²) in [6, 6.07) is 5.89. The topological polar surface area (TPSA) is 112 Å². The highest BCUT2D eigenvalue weighted by atomic mass is 35.5. The third kappa shape index (κ3) is 6.59. The summed E-state index contributed by atoms with van der Waals surface area (Å²) in [5.41, 5.74) is 8.04. The molecule has 0 aromatic heterocycles. The van der Waals surface area contributed by atoms with Crippen molar-refractivity contribution in [3.63, 3.8) is 0 Å². The van der Waals surface area contributed by atoms with E-state index in [-0.39, 0.29) is 17.9 Å². The summed E-state index contributed by atoms with van der Waals surface area (Å²) in [5.74, 6) is -0.501. The van der Waals surface area contributed by atoms with E-state index in [4.69, 9.17) is 17.1 Å². The summed E-state index contributed by atoms with van der Waals surface area (Å²) in [4.78, 5) is 13.5. The van der Waals surface area contributed by atoms with Gasteiger partial charge in [-0.1, -0.05) is 18.0 Å². The molecular formula is C12H15ClN4O3S. The summed E-state index contributed by atoms with van der Waals surface area (Å²) < 4.78 is 26.3. The van der Waals surface area contributed by atoms with Crippen molar-refractivity contribution in [2.24, 2.45) is 5.11 Å². The lowest BCUT2D eigenvalue weighted by atomic mass is 10.2. The zero-order chi connectivity index (χ0) is 15.7. The van der Waals surface area contributed by atoms with E-state index in [1.54, 1.807) is 0 Å². The summed E-state index contributed by atoms with van der Waals surface area (Å²) in [6.07, 6.45) is 1.99. The van der Waals surface area contributed by atoms with Gasteiger partial charge in [-0.05, 0) is 47.8 Å². The molecule has 21 heavy (non-hydrogen) atoms. The lowest BCUT2D eigenvalue weighted by Crippen LogP contribution is -2.24. The van der Waals surface area contributed by atoms with Crippen LogP contribution in [-0.2, 0) is 14.8 Å². The van der Waals surface area contributed by atoms with Crippen molar-refractivity contribution >= 4 is 27.5 Å². The zero-order valence-corrected chi connectivity index (χ0v) is 12.8. The standard InChI is InChI=1S/C12H15ClN4O3S/c13-10-5-7-11(8-6-10)21(19,20)15-9-3-1-2-4-12(18)16-17-14/h5-8,15H,1-4,9H2. The number of hydrogen-bond donors (Lipinski definition) is 1. The number of amides is 1. The Morgan fingerprint density at radius 3 is 2.52 bits per heavy atom. The fourth-order valence-electron chi connectivity index (χ4n) is 1.58. The van der Waals surface area contributed by atoms with E-state index in [9.17, 15) is 13.2 Å². The third-order valence-corrected chi connectivity index (χ3v) is 4.37. The van der Waals surface area contributed by atoms with Gasteiger partial charge in [-0.15, -0.1) is 0 Å². The Morgan fingerprint density at radius 1 is 1.24 bits per heavy atom. The largest absolute Gasteiger partial charge is 0.293 e. The molecule has 0 aliphatic rings. The number of nitrogens with one attached hydrogen (secondary N) is 1. The van der Waals surface area contributed by atoms with Gasteiger partial charge in [0, 0.05) is 22.9 Å². The Hall–Kier alpha value is -1.60. The van der Waals surface area contributed by atoms with Crippen LogP contribution in [0, 0.1) is 0 Å². The van der Waals surface area contributed by atoms with Crippen LogP contribution >= 0.6 is 11.6 Å². The Morgan fingerprint density at radius 2 is 1.90 bits per heavy atom.